The summed E-state index contributed by atoms with van der Waals surface area (Å²) < 4.78 is 11.0. The number of allylic oxidation sites excluding steroid dienone is 1. The van der Waals surface area contributed by atoms with Crippen LogP contribution in [0.5, 0.6) is 11.5 Å². The third kappa shape index (κ3) is 5.48. The Balaban J connectivity index is 2.13. The van der Waals surface area contributed by atoms with Crippen LogP contribution < -0.4 is 20.5 Å². The van der Waals surface area contributed by atoms with Crippen LogP contribution in [-0.4, -0.2) is 41.0 Å². The van der Waals surface area contributed by atoms with Crippen LogP contribution >= 0.6 is 0 Å². The van der Waals surface area contributed by atoms with Crippen molar-refractivity contribution in [1.82, 2.24) is 5.32 Å². The van der Waals surface area contributed by atoms with E-state index in [1.807, 2.05) is 26.0 Å². The van der Waals surface area contributed by atoms with Crippen molar-refractivity contribution in [2.24, 2.45) is 11.7 Å². The highest BCUT2D eigenvalue weighted by Crippen LogP contribution is 2.26. The number of dihydropyridines is 1. The van der Waals surface area contributed by atoms with Gasteiger partial charge in [-0.15, -0.1) is 0 Å². The second kappa shape index (κ2) is 8.92. The number of carboxylic acids is 1. The van der Waals surface area contributed by atoms with Gasteiger partial charge in [-0.3, -0.25) is 0 Å². The van der Waals surface area contributed by atoms with E-state index in [4.69, 9.17) is 15.2 Å². The van der Waals surface area contributed by atoms with Crippen LogP contribution in [-0.2, 0) is 4.79 Å². The number of hydrogen-bond donors (Lipinski definition) is 4. The van der Waals surface area contributed by atoms with E-state index in [-0.39, 0.29) is 12.3 Å². The van der Waals surface area contributed by atoms with Crippen LogP contribution in [0.2, 0.25) is 0 Å². The van der Waals surface area contributed by atoms with Gasteiger partial charge < -0.3 is 30.7 Å². The quantitative estimate of drug-likeness (QED) is 0.521. The average molecular weight is 376 g/mol. The number of methoxy groups -OCH3 is 1. The van der Waals surface area contributed by atoms with Gasteiger partial charge in [0.15, 0.2) is 5.60 Å². The van der Waals surface area contributed by atoms with Crippen molar-refractivity contribution in [2.75, 3.05) is 7.11 Å². The molecule has 2 rings (SSSR count). The highest BCUT2D eigenvalue weighted by Gasteiger charge is 2.44. The number of aliphatic carboxylic acids is 1. The first kappa shape index (κ1) is 20.8. The maximum Gasteiger partial charge on any atom is 0.337 e. The lowest BCUT2D eigenvalue weighted by atomic mass is 9.83. The molecule has 0 amide bonds. The minimum atomic E-state index is -2.04. The van der Waals surface area contributed by atoms with Gasteiger partial charge in [0.05, 0.1) is 13.2 Å². The van der Waals surface area contributed by atoms with Crippen LogP contribution in [0, 0.1) is 5.92 Å². The molecule has 0 radical (unpaired) electrons. The van der Waals surface area contributed by atoms with Gasteiger partial charge in [-0.2, -0.15) is 0 Å². The van der Waals surface area contributed by atoms with Crippen LogP contribution in [0.25, 0.3) is 0 Å². The summed E-state index contributed by atoms with van der Waals surface area (Å²) in [5, 5.41) is 23.3. The van der Waals surface area contributed by atoms with E-state index in [9.17, 15) is 15.0 Å². The standard InChI is InChI=1S/C20H28N2O5/c1-13(2)9-18(21)20(25,19(23)24)12-14-10-17(7-8-22-14)27-16-6-4-5-15(11-16)26-3/h4-8,10-11,13-14,18,22,25H,9,12,21H2,1-3H3,(H,23,24)/t14?,18-,20+/m0/s1. The van der Waals surface area contributed by atoms with Crippen molar-refractivity contribution in [3.63, 3.8) is 0 Å². The Morgan fingerprint density at radius 1 is 1.37 bits per heavy atom. The zero-order chi connectivity index (χ0) is 20.0. The van der Waals surface area contributed by atoms with Crippen molar-refractivity contribution in [3.8, 4) is 11.5 Å². The second-order valence-corrected chi connectivity index (χ2v) is 7.13. The molecule has 0 bridgehead atoms. The molecule has 0 fully saturated rings. The van der Waals surface area contributed by atoms with E-state index in [2.05, 4.69) is 5.32 Å². The molecule has 0 saturated carbocycles. The fourth-order valence-electron chi connectivity index (χ4n) is 2.98. The Bertz CT molecular complexity index is 716. The van der Waals surface area contributed by atoms with Crippen LogP contribution in [0.1, 0.15) is 26.7 Å². The summed E-state index contributed by atoms with van der Waals surface area (Å²) in [6.45, 7) is 3.87. The fraction of sp³-hybridized carbons (Fsp3) is 0.450. The summed E-state index contributed by atoms with van der Waals surface area (Å²) in [5.74, 6) is 0.652. The number of carbonyl (C=O) groups is 1. The molecule has 0 saturated heterocycles. The van der Waals surface area contributed by atoms with Crippen LogP contribution in [0.15, 0.2) is 48.4 Å². The molecule has 148 valence electrons. The summed E-state index contributed by atoms with van der Waals surface area (Å²) in [7, 11) is 1.58. The Kier molecular flexibility index (Phi) is 6.87. The van der Waals surface area contributed by atoms with Crippen molar-refractivity contribution >= 4 is 5.97 Å². The Morgan fingerprint density at radius 3 is 2.70 bits per heavy atom. The van der Waals surface area contributed by atoms with Crippen LogP contribution in [0.4, 0.5) is 0 Å². The number of nitrogens with two attached hydrogens (primary N) is 1. The van der Waals surface area contributed by atoms with Gasteiger partial charge in [-0.1, -0.05) is 19.9 Å². The van der Waals surface area contributed by atoms with E-state index in [1.165, 1.54) is 0 Å². The number of ether oxygens (including phenoxy) is 2. The Morgan fingerprint density at radius 2 is 2.07 bits per heavy atom. The van der Waals surface area contributed by atoms with Crippen molar-refractivity contribution in [1.29, 1.82) is 0 Å². The molecule has 5 N–H and O–H groups in total. The first-order valence-corrected chi connectivity index (χ1v) is 8.92. The summed E-state index contributed by atoms with van der Waals surface area (Å²) >= 11 is 0. The molecule has 1 aliphatic rings. The molecule has 3 atom stereocenters. The Labute approximate surface area is 159 Å². The topological polar surface area (TPSA) is 114 Å². The van der Waals surface area contributed by atoms with Crippen molar-refractivity contribution in [3.05, 3.63) is 48.4 Å². The molecule has 1 unspecified atom stereocenters. The SMILES string of the molecule is COc1cccc(OC2=CC(C[C@](O)(C(=O)O)[C@@H](N)CC(C)C)NC=C2)c1. The Hall–Kier alpha value is -2.51. The van der Waals surface area contributed by atoms with Crippen LogP contribution in [0.3, 0.4) is 0 Å². The first-order chi connectivity index (χ1) is 12.7. The third-order valence-corrected chi connectivity index (χ3v) is 4.44. The van der Waals surface area contributed by atoms with Gasteiger partial charge in [0, 0.05) is 24.7 Å². The molecule has 1 heterocycles. The molecule has 0 aromatic heterocycles. The highest BCUT2D eigenvalue weighted by molar-refractivity contribution is 5.78. The summed E-state index contributed by atoms with van der Waals surface area (Å²) in [6, 6.07) is 5.85. The molecular weight excluding hydrogens is 348 g/mol. The van der Waals surface area contributed by atoms with Crippen molar-refractivity contribution < 1.29 is 24.5 Å². The summed E-state index contributed by atoms with van der Waals surface area (Å²) in [4.78, 5) is 11.7. The van der Waals surface area contributed by atoms with Gasteiger partial charge in [-0.25, -0.2) is 4.79 Å². The summed E-state index contributed by atoms with van der Waals surface area (Å²) in [6.07, 6.45) is 5.45. The number of carboxylic acid groups (broad SMARTS) is 1. The highest BCUT2D eigenvalue weighted by atomic mass is 16.5. The predicted octanol–water partition coefficient (Wildman–Crippen LogP) is 2.02. The molecule has 1 aliphatic heterocycles. The molecular formula is C20H28N2O5. The van der Waals surface area contributed by atoms with Gasteiger partial charge in [0.2, 0.25) is 0 Å². The van der Waals surface area contributed by atoms with Gasteiger partial charge in [0.1, 0.15) is 17.3 Å². The normalized spacial score (nSPS) is 19.6. The van der Waals surface area contributed by atoms with Gasteiger partial charge >= 0.3 is 5.97 Å². The minimum absolute atomic E-state index is 0.0778. The molecule has 27 heavy (non-hydrogen) atoms. The first-order valence-electron chi connectivity index (χ1n) is 8.92. The third-order valence-electron chi connectivity index (χ3n) is 4.44. The number of aliphatic hydroxyl groups is 1. The van der Waals surface area contributed by atoms with E-state index in [1.54, 1.807) is 37.6 Å². The smallest absolute Gasteiger partial charge is 0.337 e. The van der Waals surface area contributed by atoms with E-state index >= 15 is 0 Å². The van der Waals surface area contributed by atoms with Gasteiger partial charge in [0.25, 0.3) is 0 Å². The number of hydrogen-bond acceptors (Lipinski definition) is 6. The zero-order valence-corrected chi connectivity index (χ0v) is 15.9. The maximum absolute atomic E-state index is 11.7. The zero-order valence-electron chi connectivity index (χ0n) is 15.9. The molecule has 1 aromatic carbocycles. The fourth-order valence-corrected chi connectivity index (χ4v) is 2.98. The number of benzene rings is 1. The lowest BCUT2D eigenvalue weighted by Gasteiger charge is -2.34. The maximum atomic E-state index is 11.7. The van der Waals surface area contributed by atoms with Gasteiger partial charge in [-0.05, 0) is 36.6 Å². The van der Waals surface area contributed by atoms with E-state index in [0.717, 1.165) is 0 Å². The van der Waals surface area contributed by atoms with E-state index in [0.29, 0.717) is 23.7 Å². The van der Waals surface area contributed by atoms with E-state index < -0.39 is 23.7 Å². The number of rotatable bonds is 9. The number of nitrogens with one attached hydrogen (secondary N) is 1. The molecule has 0 aliphatic carbocycles. The largest absolute Gasteiger partial charge is 0.497 e. The molecule has 7 nitrogen and oxygen atoms in total. The van der Waals surface area contributed by atoms with Crippen molar-refractivity contribution in [2.45, 2.75) is 44.4 Å². The second-order valence-electron chi connectivity index (χ2n) is 7.13. The lowest BCUT2D eigenvalue weighted by Crippen LogP contribution is -2.57. The average Bonchev–Trinajstić information content (AvgIpc) is 2.61. The lowest BCUT2D eigenvalue weighted by molar-refractivity contribution is -0.162. The molecule has 7 heteroatoms. The minimum Gasteiger partial charge on any atom is -0.497 e. The molecule has 1 aromatic rings. The monoisotopic (exact) mass is 376 g/mol. The summed E-state index contributed by atoms with van der Waals surface area (Å²) in [5.41, 5.74) is 3.98. The molecule has 0 spiro atoms. The predicted molar refractivity (Wildman–Crippen MR) is 102 cm³/mol.